The van der Waals surface area contributed by atoms with Crippen molar-refractivity contribution >= 4 is 11.4 Å². The highest BCUT2D eigenvalue weighted by molar-refractivity contribution is 5.78. The van der Waals surface area contributed by atoms with Crippen molar-refractivity contribution in [2.45, 2.75) is 0 Å². The summed E-state index contributed by atoms with van der Waals surface area (Å²) in [7, 11) is 3.71. The number of aryl methyl sites for hydroxylation is 1. The third kappa shape index (κ3) is 2.65. The number of nitrogens with zero attached hydrogens (tertiary/aromatic N) is 1. The van der Waals surface area contributed by atoms with Crippen molar-refractivity contribution in [3.05, 3.63) is 36.5 Å². The number of nitrogens with one attached hydrogen (secondary N) is 1. The average molecular weight is 245 g/mol. The molecule has 0 aliphatic carbocycles. The molecule has 1 aromatic heterocycles. The van der Waals surface area contributed by atoms with Gasteiger partial charge in [0.1, 0.15) is 0 Å². The van der Waals surface area contributed by atoms with Crippen LogP contribution in [-0.2, 0) is 11.8 Å². The first-order chi connectivity index (χ1) is 8.72. The molecule has 0 fully saturated rings. The molecule has 0 amide bonds. The van der Waals surface area contributed by atoms with Gasteiger partial charge in [-0.2, -0.15) is 0 Å². The number of nitrogens with two attached hydrogens (primary N) is 1. The van der Waals surface area contributed by atoms with Gasteiger partial charge in [0, 0.05) is 49.5 Å². The predicted molar refractivity (Wildman–Crippen MR) is 75.6 cm³/mol. The molecule has 0 bridgehead atoms. The monoisotopic (exact) mass is 245 g/mol. The van der Waals surface area contributed by atoms with Gasteiger partial charge in [0.05, 0.1) is 6.61 Å². The molecule has 0 atom stereocenters. The van der Waals surface area contributed by atoms with Gasteiger partial charge in [-0.05, 0) is 30.3 Å². The van der Waals surface area contributed by atoms with E-state index < -0.39 is 0 Å². The summed E-state index contributed by atoms with van der Waals surface area (Å²) in [4.78, 5) is 0. The molecule has 4 heteroatoms. The fourth-order valence-electron chi connectivity index (χ4n) is 1.93. The van der Waals surface area contributed by atoms with E-state index in [1.807, 2.05) is 31.4 Å². The van der Waals surface area contributed by atoms with Crippen LogP contribution in [0, 0.1) is 0 Å². The van der Waals surface area contributed by atoms with Crippen molar-refractivity contribution in [2.75, 3.05) is 31.3 Å². The van der Waals surface area contributed by atoms with Crippen LogP contribution in [0.2, 0.25) is 0 Å². The number of aromatic nitrogens is 1. The van der Waals surface area contributed by atoms with Gasteiger partial charge in [0.25, 0.3) is 0 Å². The van der Waals surface area contributed by atoms with E-state index >= 15 is 0 Å². The zero-order valence-electron chi connectivity index (χ0n) is 10.8. The lowest BCUT2D eigenvalue weighted by atomic mass is 10.1. The number of hydrogen-bond donors (Lipinski definition) is 2. The van der Waals surface area contributed by atoms with Crippen LogP contribution in [0.15, 0.2) is 36.5 Å². The van der Waals surface area contributed by atoms with Crippen LogP contribution >= 0.6 is 0 Å². The molecule has 96 valence electrons. The zero-order valence-corrected chi connectivity index (χ0v) is 10.8. The van der Waals surface area contributed by atoms with E-state index in [0.29, 0.717) is 6.61 Å². The van der Waals surface area contributed by atoms with Gasteiger partial charge in [-0.3, -0.25) is 0 Å². The Morgan fingerprint density at radius 2 is 2.17 bits per heavy atom. The van der Waals surface area contributed by atoms with Gasteiger partial charge >= 0.3 is 0 Å². The highest BCUT2D eigenvalue weighted by atomic mass is 16.5. The van der Waals surface area contributed by atoms with Gasteiger partial charge in [0.2, 0.25) is 0 Å². The summed E-state index contributed by atoms with van der Waals surface area (Å²) in [5.41, 5.74) is 10.0. The zero-order chi connectivity index (χ0) is 13.0. The van der Waals surface area contributed by atoms with Crippen LogP contribution in [0.5, 0.6) is 0 Å². The van der Waals surface area contributed by atoms with Crippen molar-refractivity contribution in [2.24, 2.45) is 7.05 Å². The van der Waals surface area contributed by atoms with Gasteiger partial charge in [0.15, 0.2) is 0 Å². The second-order valence-electron chi connectivity index (χ2n) is 4.23. The highest BCUT2D eigenvalue weighted by Gasteiger charge is 2.06. The predicted octanol–water partition coefficient (Wildman–Crippen LogP) is 2.33. The van der Waals surface area contributed by atoms with Gasteiger partial charge in [-0.15, -0.1) is 0 Å². The Hall–Kier alpha value is -1.94. The van der Waals surface area contributed by atoms with Crippen molar-refractivity contribution in [3.63, 3.8) is 0 Å². The molecule has 1 aromatic carbocycles. The fraction of sp³-hybridized carbons (Fsp3) is 0.286. The first kappa shape index (κ1) is 12.5. The molecule has 18 heavy (non-hydrogen) atoms. The molecule has 0 spiro atoms. The largest absolute Gasteiger partial charge is 0.398 e. The molecule has 3 N–H and O–H groups in total. The maximum absolute atomic E-state index is 6.04. The molecule has 0 radical (unpaired) electrons. The normalized spacial score (nSPS) is 10.6. The van der Waals surface area contributed by atoms with E-state index in [9.17, 15) is 0 Å². The molecule has 0 saturated carbocycles. The molecule has 0 unspecified atom stereocenters. The Labute approximate surface area is 107 Å². The number of ether oxygens (including phenoxy) is 1. The summed E-state index contributed by atoms with van der Waals surface area (Å²) in [6, 6.07) is 10.1. The van der Waals surface area contributed by atoms with Gasteiger partial charge in [-0.25, -0.2) is 0 Å². The maximum atomic E-state index is 6.04. The first-order valence-electron chi connectivity index (χ1n) is 5.96. The van der Waals surface area contributed by atoms with Crippen molar-refractivity contribution < 1.29 is 4.74 Å². The van der Waals surface area contributed by atoms with Crippen LogP contribution in [0.1, 0.15) is 0 Å². The second kappa shape index (κ2) is 5.60. The number of hydrogen-bond acceptors (Lipinski definition) is 3. The summed E-state index contributed by atoms with van der Waals surface area (Å²) in [6.45, 7) is 1.47. The number of anilines is 2. The summed E-state index contributed by atoms with van der Waals surface area (Å²) in [6.07, 6.45) is 2.01. The summed E-state index contributed by atoms with van der Waals surface area (Å²) in [5, 5.41) is 3.30. The Morgan fingerprint density at radius 1 is 1.33 bits per heavy atom. The molecule has 2 rings (SSSR count). The standard InChI is InChI=1S/C14H19N3O/c1-17-8-3-4-14(17)12-10-11(5-6-13(12)15)16-7-9-18-2/h3-6,8,10,16H,7,9,15H2,1-2H3. The second-order valence-corrected chi connectivity index (χ2v) is 4.23. The van der Waals surface area contributed by atoms with Crippen LogP contribution < -0.4 is 11.1 Å². The minimum absolute atomic E-state index is 0.684. The molecule has 4 nitrogen and oxygen atoms in total. The molecule has 2 aromatic rings. The Kier molecular flexibility index (Phi) is 3.89. The van der Waals surface area contributed by atoms with E-state index in [1.54, 1.807) is 7.11 Å². The Morgan fingerprint density at radius 3 is 2.83 bits per heavy atom. The van der Waals surface area contributed by atoms with Crippen molar-refractivity contribution in [1.82, 2.24) is 4.57 Å². The van der Waals surface area contributed by atoms with Crippen LogP contribution in [0.25, 0.3) is 11.3 Å². The highest BCUT2D eigenvalue weighted by Crippen LogP contribution is 2.28. The average Bonchev–Trinajstić information content (AvgIpc) is 2.78. The molecule has 0 aliphatic heterocycles. The van der Waals surface area contributed by atoms with Crippen LogP contribution in [-0.4, -0.2) is 24.8 Å². The molecule has 0 aliphatic rings. The van der Waals surface area contributed by atoms with Crippen molar-refractivity contribution in [1.29, 1.82) is 0 Å². The molecular weight excluding hydrogens is 226 g/mol. The smallest absolute Gasteiger partial charge is 0.0635 e. The minimum Gasteiger partial charge on any atom is -0.398 e. The van der Waals surface area contributed by atoms with E-state index in [2.05, 4.69) is 22.0 Å². The van der Waals surface area contributed by atoms with E-state index in [0.717, 1.165) is 29.2 Å². The molecule has 1 heterocycles. The molecule has 0 saturated heterocycles. The number of methoxy groups -OCH3 is 1. The van der Waals surface area contributed by atoms with Crippen LogP contribution in [0.4, 0.5) is 11.4 Å². The summed E-state index contributed by atoms with van der Waals surface area (Å²) < 4.78 is 7.08. The van der Waals surface area contributed by atoms with Crippen molar-refractivity contribution in [3.8, 4) is 11.3 Å². The maximum Gasteiger partial charge on any atom is 0.0635 e. The van der Waals surface area contributed by atoms with Gasteiger partial charge in [-0.1, -0.05) is 0 Å². The number of rotatable bonds is 5. The number of benzene rings is 1. The molecular formula is C14H19N3O. The summed E-state index contributed by atoms with van der Waals surface area (Å²) >= 11 is 0. The van der Waals surface area contributed by atoms with Gasteiger partial charge < -0.3 is 20.4 Å². The fourth-order valence-corrected chi connectivity index (χ4v) is 1.93. The topological polar surface area (TPSA) is 52.2 Å². The lowest BCUT2D eigenvalue weighted by Crippen LogP contribution is -2.08. The first-order valence-corrected chi connectivity index (χ1v) is 5.96. The summed E-state index contributed by atoms with van der Waals surface area (Å²) in [5.74, 6) is 0. The van der Waals surface area contributed by atoms with E-state index in [4.69, 9.17) is 10.5 Å². The van der Waals surface area contributed by atoms with E-state index in [1.165, 1.54) is 0 Å². The van der Waals surface area contributed by atoms with Crippen LogP contribution in [0.3, 0.4) is 0 Å². The lowest BCUT2D eigenvalue weighted by Gasteiger charge is -2.11. The number of nitrogen functional groups attached to an aromatic ring is 1. The lowest BCUT2D eigenvalue weighted by molar-refractivity contribution is 0.211. The third-order valence-corrected chi connectivity index (χ3v) is 2.91. The quantitative estimate of drug-likeness (QED) is 0.628. The third-order valence-electron chi connectivity index (χ3n) is 2.91. The Bertz CT molecular complexity index is 520. The Balaban J connectivity index is 2.25. The van der Waals surface area contributed by atoms with E-state index in [-0.39, 0.29) is 0 Å². The minimum atomic E-state index is 0.684. The SMILES string of the molecule is COCCNc1ccc(N)c(-c2cccn2C)c1.